The Balaban J connectivity index is 2.20. The van der Waals surface area contributed by atoms with E-state index < -0.39 is 16.1 Å². The van der Waals surface area contributed by atoms with E-state index in [1.54, 1.807) is 24.3 Å². The van der Waals surface area contributed by atoms with E-state index in [1.165, 1.54) is 40.6 Å². The summed E-state index contributed by atoms with van der Waals surface area (Å²) in [6.07, 6.45) is -1.09. The lowest BCUT2D eigenvalue weighted by Crippen LogP contribution is -2.29. The Kier molecular flexibility index (Phi) is 6.89. The van der Waals surface area contributed by atoms with Crippen LogP contribution in [0.2, 0.25) is 0 Å². The number of methoxy groups -OCH3 is 4. The van der Waals surface area contributed by atoms with Crippen LogP contribution in [0.5, 0.6) is 23.0 Å². The van der Waals surface area contributed by atoms with Gasteiger partial charge in [0.15, 0.2) is 11.5 Å². The topological polar surface area (TPSA) is 103 Å². The SMILES string of the molecule is COc1ccc(OC)c(S(=O)(=O)NCC(O)c2ccc(OC)c(OC)c2)c1. The molecule has 0 aliphatic rings. The molecule has 27 heavy (non-hydrogen) atoms. The van der Waals surface area contributed by atoms with Gasteiger partial charge in [0.1, 0.15) is 16.4 Å². The third-order valence-electron chi connectivity index (χ3n) is 3.92. The molecular weight excluding hydrogens is 374 g/mol. The Morgan fingerprint density at radius 1 is 0.889 bits per heavy atom. The zero-order valence-corrected chi connectivity index (χ0v) is 16.4. The van der Waals surface area contributed by atoms with Crippen LogP contribution in [-0.4, -0.2) is 48.5 Å². The van der Waals surface area contributed by atoms with Gasteiger partial charge in [0, 0.05) is 12.6 Å². The molecule has 0 bridgehead atoms. The van der Waals surface area contributed by atoms with Crippen molar-refractivity contribution in [1.29, 1.82) is 0 Å². The van der Waals surface area contributed by atoms with Gasteiger partial charge in [0.25, 0.3) is 0 Å². The predicted molar refractivity (Wildman–Crippen MR) is 99.2 cm³/mol. The minimum Gasteiger partial charge on any atom is -0.497 e. The Morgan fingerprint density at radius 3 is 2.11 bits per heavy atom. The van der Waals surface area contributed by atoms with Gasteiger partial charge in [-0.05, 0) is 29.8 Å². The Labute approximate surface area is 158 Å². The fourth-order valence-electron chi connectivity index (χ4n) is 2.44. The highest BCUT2D eigenvalue weighted by atomic mass is 32.2. The van der Waals surface area contributed by atoms with Crippen molar-refractivity contribution in [3.63, 3.8) is 0 Å². The lowest BCUT2D eigenvalue weighted by molar-refractivity contribution is 0.181. The van der Waals surface area contributed by atoms with Crippen molar-refractivity contribution >= 4 is 10.0 Å². The van der Waals surface area contributed by atoms with Crippen LogP contribution >= 0.6 is 0 Å². The number of benzene rings is 2. The first-order valence-corrected chi connectivity index (χ1v) is 9.46. The number of aliphatic hydroxyl groups is 1. The van der Waals surface area contributed by atoms with Gasteiger partial charge in [-0.1, -0.05) is 6.07 Å². The molecule has 0 aromatic heterocycles. The summed E-state index contributed by atoms with van der Waals surface area (Å²) in [5.41, 5.74) is 0.480. The second-order valence-electron chi connectivity index (χ2n) is 5.50. The zero-order valence-electron chi connectivity index (χ0n) is 15.6. The van der Waals surface area contributed by atoms with Crippen LogP contribution in [0.15, 0.2) is 41.3 Å². The number of ether oxygens (including phenoxy) is 4. The number of hydrogen-bond donors (Lipinski definition) is 2. The molecule has 2 rings (SSSR count). The quantitative estimate of drug-likeness (QED) is 0.664. The van der Waals surface area contributed by atoms with Crippen molar-refractivity contribution in [2.75, 3.05) is 35.0 Å². The highest BCUT2D eigenvalue weighted by Gasteiger charge is 2.22. The largest absolute Gasteiger partial charge is 0.497 e. The molecule has 0 spiro atoms. The van der Waals surface area contributed by atoms with Crippen molar-refractivity contribution in [3.8, 4) is 23.0 Å². The second kappa shape index (κ2) is 8.94. The normalized spacial score (nSPS) is 12.3. The molecule has 0 fully saturated rings. The average Bonchev–Trinajstić information content (AvgIpc) is 2.70. The Morgan fingerprint density at radius 2 is 1.52 bits per heavy atom. The van der Waals surface area contributed by atoms with Crippen LogP contribution in [0, 0.1) is 0 Å². The maximum atomic E-state index is 12.6. The smallest absolute Gasteiger partial charge is 0.244 e. The number of aliphatic hydroxyl groups excluding tert-OH is 1. The van der Waals surface area contributed by atoms with Gasteiger partial charge in [-0.2, -0.15) is 0 Å². The van der Waals surface area contributed by atoms with Gasteiger partial charge in [0.05, 0.1) is 34.5 Å². The molecule has 9 heteroatoms. The monoisotopic (exact) mass is 397 g/mol. The van der Waals surface area contributed by atoms with Crippen LogP contribution in [0.25, 0.3) is 0 Å². The summed E-state index contributed by atoms with van der Waals surface area (Å²) in [6, 6.07) is 9.30. The summed E-state index contributed by atoms with van der Waals surface area (Å²) >= 11 is 0. The molecule has 0 saturated heterocycles. The van der Waals surface area contributed by atoms with E-state index in [2.05, 4.69) is 4.72 Å². The molecule has 0 saturated carbocycles. The molecule has 0 aliphatic heterocycles. The maximum Gasteiger partial charge on any atom is 0.244 e. The summed E-state index contributed by atoms with van der Waals surface area (Å²) in [5, 5.41) is 10.4. The van der Waals surface area contributed by atoms with Crippen molar-refractivity contribution in [2.45, 2.75) is 11.0 Å². The van der Waals surface area contributed by atoms with E-state index in [0.29, 0.717) is 22.8 Å². The first-order valence-electron chi connectivity index (χ1n) is 7.98. The van der Waals surface area contributed by atoms with Crippen molar-refractivity contribution in [3.05, 3.63) is 42.0 Å². The molecule has 0 heterocycles. The van der Waals surface area contributed by atoms with E-state index >= 15 is 0 Å². The molecule has 148 valence electrons. The predicted octanol–water partition coefficient (Wildman–Crippen LogP) is 1.73. The first-order chi connectivity index (χ1) is 12.9. The van der Waals surface area contributed by atoms with Crippen LogP contribution in [0.4, 0.5) is 0 Å². The van der Waals surface area contributed by atoms with Gasteiger partial charge >= 0.3 is 0 Å². The highest BCUT2D eigenvalue weighted by Crippen LogP contribution is 2.31. The molecular formula is C18H23NO7S. The third-order valence-corrected chi connectivity index (χ3v) is 5.36. The molecule has 0 amide bonds. The average molecular weight is 397 g/mol. The summed E-state index contributed by atoms with van der Waals surface area (Å²) in [4.78, 5) is -0.0798. The van der Waals surface area contributed by atoms with Gasteiger partial charge in [-0.25, -0.2) is 13.1 Å². The van der Waals surface area contributed by atoms with Crippen molar-refractivity contribution < 1.29 is 32.5 Å². The lowest BCUT2D eigenvalue weighted by Gasteiger charge is -2.16. The second-order valence-corrected chi connectivity index (χ2v) is 7.23. The number of rotatable bonds is 9. The van der Waals surface area contributed by atoms with Crippen LogP contribution in [0.3, 0.4) is 0 Å². The number of hydrogen-bond acceptors (Lipinski definition) is 7. The zero-order chi connectivity index (χ0) is 20.0. The minimum atomic E-state index is -3.94. The van der Waals surface area contributed by atoms with E-state index in [-0.39, 0.29) is 17.2 Å². The van der Waals surface area contributed by atoms with Gasteiger partial charge in [0.2, 0.25) is 10.0 Å². The summed E-state index contributed by atoms with van der Waals surface area (Å²) in [6.45, 7) is -0.238. The Hall–Kier alpha value is -2.49. The number of sulfonamides is 1. The van der Waals surface area contributed by atoms with Crippen molar-refractivity contribution in [1.82, 2.24) is 4.72 Å². The molecule has 8 nitrogen and oxygen atoms in total. The molecule has 2 aromatic rings. The minimum absolute atomic E-state index is 0.0798. The van der Waals surface area contributed by atoms with E-state index in [4.69, 9.17) is 18.9 Å². The molecule has 0 radical (unpaired) electrons. The molecule has 2 aromatic carbocycles. The first kappa shape index (κ1) is 20.8. The van der Waals surface area contributed by atoms with Gasteiger partial charge in [-0.3, -0.25) is 0 Å². The van der Waals surface area contributed by atoms with Gasteiger partial charge in [-0.15, -0.1) is 0 Å². The molecule has 1 unspecified atom stereocenters. The standard InChI is InChI=1S/C18H23NO7S/c1-23-13-6-8-16(25-3)18(10-13)27(21,22)19-11-14(20)12-5-7-15(24-2)17(9-12)26-4/h5-10,14,19-20H,11H2,1-4H3. The molecule has 1 atom stereocenters. The van der Waals surface area contributed by atoms with Crippen LogP contribution < -0.4 is 23.7 Å². The highest BCUT2D eigenvalue weighted by molar-refractivity contribution is 7.89. The van der Waals surface area contributed by atoms with Crippen LogP contribution in [0.1, 0.15) is 11.7 Å². The number of nitrogens with one attached hydrogen (secondary N) is 1. The fraction of sp³-hybridized carbons (Fsp3) is 0.333. The molecule has 2 N–H and O–H groups in total. The summed E-state index contributed by atoms with van der Waals surface area (Å²) in [5.74, 6) is 1.49. The summed E-state index contributed by atoms with van der Waals surface area (Å²) < 4.78 is 48.2. The molecule has 0 aliphatic carbocycles. The maximum absolute atomic E-state index is 12.6. The summed E-state index contributed by atoms with van der Waals surface area (Å²) in [7, 11) is 1.85. The fourth-order valence-corrected chi connectivity index (χ4v) is 3.66. The van der Waals surface area contributed by atoms with Crippen LogP contribution in [-0.2, 0) is 10.0 Å². The van der Waals surface area contributed by atoms with Gasteiger partial charge < -0.3 is 24.1 Å². The Bertz CT molecular complexity index is 883. The van der Waals surface area contributed by atoms with E-state index in [9.17, 15) is 13.5 Å². The van der Waals surface area contributed by atoms with E-state index in [0.717, 1.165) is 0 Å². The van der Waals surface area contributed by atoms with E-state index in [1.807, 2.05) is 0 Å². The van der Waals surface area contributed by atoms with Crippen molar-refractivity contribution in [2.24, 2.45) is 0 Å². The lowest BCUT2D eigenvalue weighted by atomic mass is 10.1. The third kappa shape index (κ3) is 4.82.